The largest absolute Gasteiger partial charge is 0.392 e. The molecule has 0 aromatic heterocycles. The fraction of sp³-hybridized carbons (Fsp3) is 0.818. The summed E-state index contributed by atoms with van der Waals surface area (Å²) in [4.78, 5) is 14.1. The van der Waals surface area contributed by atoms with Gasteiger partial charge in [0.25, 0.3) is 0 Å². The van der Waals surface area contributed by atoms with Crippen LogP contribution in [-0.2, 0) is 14.3 Å². The van der Waals surface area contributed by atoms with Gasteiger partial charge in [0.1, 0.15) is 6.61 Å². The molecular formula is C11H20N2O3S. The number of carbonyl (C=O) groups excluding carboxylic acids is 1. The highest BCUT2D eigenvalue weighted by Crippen LogP contribution is 2.17. The second-order valence-electron chi connectivity index (χ2n) is 4.05. The summed E-state index contributed by atoms with van der Waals surface area (Å²) in [6.45, 7) is 1.71. The topological polar surface area (TPSA) is 64.8 Å². The number of piperidine rings is 1. The van der Waals surface area contributed by atoms with E-state index in [1.165, 1.54) is 0 Å². The molecule has 0 bridgehead atoms. The molecule has 1 amide bonds. The number of ether oxygens (including phenoxy) is 2. The molecule has 6 heteroatoms. The van der Waals surface area contributed by atoms with Gasteiger partial charge in [-0.3, -0.25) is 4.79 Å². The summed E-state index contributed by atoms with van der Waals surface area (Å²) in [6, 6.07) is -0.0997. The van der Waals surface area contributed by atoms with Crippen LogP contribution >= 0.6 is 12.2 Å². The van der Waals surface area contributed by atoms with E-state index in [-0.39, 0.29) is 18.6 Å². The Balaban J connectivity index is 2.39. The lowest BCUT2D eigenvalue weighted by Crippen LogP contribution is -2.51. The van der Waals surface area contributed by atoms with Crippen molar-refractivity contribution in [1.29, 1.82) is 0 Å². The highest BCUT2D eigenvalue weighted by atomic mass is 32.1. The molecule has 1 aliphatic rings. The van der Waals surface area contributed by atoms with Crippen molar-refractivity contribution in [2.24, 2.45) is 5.73 Å². The van der Waals surface area contributed by atoms with Gasteiger partial charge >= 0.3 is 0 Å². The third-order valence-electron chi connectivity index (χ3n) is 2.81. The second-order valence-corrected chi connectivity index (χ2v) is 4.52. The molecule has 1 aliphatic heterocycles. The Labute approximate surface area is 107 Å². The molecule has 98 valence electrons. The van der Waals surface area contributed by atoms with Gasteiger partial charge in [0, 0.05) is 13.7 Å². The van der Waals surface area contributed by atoms with Crippen molar-refractivity contribution in [2.75, 3.05) is 33.5 Å². The van der Waals surface area contributed by atoms with Gasteiger partial charge in [0.15, 0.2) is 0 Å². The zero-order valence-corrected chi connectivity index (χ0v) is 11.0. The van der Waals surface area contributed by atoms with Crippen LogP contribution in [0.25, 0.3) is 0 Å². The van der Waals surface area contributed by atoms with E-state index in [1.807, 2.05) is 0 Å². The molecule has 1 rings (SSSR count). The standard InChI is InChI=1S/C11H20N2O3S/c1-15-6-7-16-8-10(14)13-5-3-2-4-9(13)11(12)17/h9H,2-8H2,1H3,(H2,12,17). The monoisotopic (exact) mass is 260 g/mol. The third-order valence-corrected chi connectivity index (χ3v) is 3.08. The van der Waals surface area contributed by atoms with Crippen molar-refractivity contribution < 1.29 is 14.3 Å². The van der Waals surface area contributed by atoms with Crippen molar-refractivity contribution >= 4 is 23.1 Å². The number of nitrogens with two attached hydrogens (primary N) is 1. The maximum absolute atomic E-state index is 11.9. The molecule has 1 atom stereocenters. The lowest BCUT2D eigenvalue weighted by molar-refractivity contribution is -0.138. The Morgan fingerprint density at radius 1 is 1.47 bits per heavy atom. The highest BCUT2D eigenvalue weighted by molar-refractivity contribution is 7.80. The van der Waals surface area contributed by atoms with Gasteiger partial charge in [-0.25, -0.2) is 0 Å². The fourth-order valence-electron chi connectivity index (χ4n) is 1.91. The molecule has 1 fully saturated rings. The molecule has 1 saturated heterocycles. The molecule has 2 N–H and O–H groups in total. The van der Waals surface area contributed by atoms with Gasteiger partial charge in [-0.1, -0.05) is 12.2 Å². The fourth-order valence-corrected chi connectivity index (χ4v) is 2.16. The first kappa shape index (κ1) is 14.3. The van der Waals surface area contributed by atoms with Gasteiger partial charge in [0.05, 0.1) is 24.2 Å². The zero-order chi connectivity index (χ0) is 12.7. The molecule has 0 spiro atoms. The molecule has 0 saturated carbocycles. The highest BCUT2D eigenvalue weighted by Gasteiger charge is 2.28. The smallest absolute Gasteiger partial charge is 0.249 e. The first-order chi connectivity index (χ1) is 8.16. The second kappa shape index (κ2) is 7.58. The Kier molecular flexibility index (Phi) is 6.39. The molecule has 0 aromatic rings. The quantitative estimate of drug-likeness (QED) is 0.550. The van der Waals surface area contributed by atoms with Gasteiger partial charge in [-0.15, -0.1) is 0 Å². The van der Waals surface area contributed by atoms with Crippen molar-refractivity contribution in [3.8, 4) is 0 Å². The number of hydrogen-bond acceptors (Lipinski definition) is 4. The van der Waals surface area contributed by atoms with E-state index < -0.39 is 0 Å². The van der Waals surface area contributed by atoms with Gasteiger partial charge < -0.3 is 20.1 Å². The van der Waals surface area contributed by atoms with Crippen LogP contribution in [0.4, 0.5) is 0 Å². The molecular weight excluding hydrogens is 240 g/mol. The number of carbonyl (C=O) groups is 1. The van der Waals surface area contributed by atoms with Crippen molar-refractivity contribution in [3.63, 3.8) is 0 Å². The predicted molar refractivity (Wildman–Crippen MR) is 68.8 cm³/mol. The average Bonchev–Trinajstić information content (AvgIpc) is 2.34. The number of amides is 1. The summed E-state index contributed by atoms with van der Waals surface area (Å²) >= 11 is 4.99. The van der Waals surface area contributed by atoms with E-state index in [9.17, 15) is 4.79 Å². The average molecular weight is 260 g/mol. The number of hydrogen-bond donors (Lipinski definition) is 1. The summed E-state index contributed by atoms with van der Waals surface area (Å²) < 4.78 is 10.1. The Morgan fingerprint density at radius 2 is 2.24 bits per heavy atom. The summed E-state index contributed by atoms with van der Waals surface area (Å²) in [5.74, 6) is -0.0430. The minimum absolute atomic E-state index is 0.0430. The van der Waals surface area contributed by atoms with E-state index in [0.717, 1.165) is 19.3 Å². The van der Waals surface area contributed by atoms with Crippen LogP contribution in [0.15, 0.2) is 0 Å². The summed E-state index contributed by atoms with van der Waals surface area (Å²) in [7, 11) is 1.60. The molecule has 5 nitrogen and oxygen atoms in total. The zero-order valence-electron chi connectivity index (χ0n) is 10.2. The van der Waals surface area contributed by atoms with Gasteiger partial charge in [-0.05, 0) is 19.3 Å². The van der Waals surface area contributed by atoms with Crippen LogP contribution in [0.3, 0.4) is 0 Å². The summed E-state index contributed by atoms with van der Waals surface area (Å²) in [6.07, 6.45) is 2.93. The van der Waals surface area contributed by atoms with E-state index in [4.69, 9.17) is 27.4 Å². The maximum Gasteiger partial charge on any atom is 0.249 e. The SMILES string of the molecule is COCCOCC(=O)N1CCCCC1C(N)=S. The van der Waals surface area contributed by atoms with Crippen LogP contribution in [0, 0.1) is 0 Å². The van der Waals surface area contributed by atoms with E-state index in [1.54, 1.807) is 12.0 Å². The molecule has 1 heterocycles. The predicted octanol–water partition coefficient (Wildman–Crippen LogP) is 0.317. The minimum Gasteiger partial charge on any atom is -0.392 e. The van der Waals surface area contributed by atoms with E-state index in [0.29, 0.717) is 24.7 Å². The molecule has 1 unspecified atom stereocenters. The summed E-state index contributed by atoms with van der Waals surface area (Å²) in [5.41, 5.74) is 5.65. The number of likely N-dealkylation sites (tertiary alicyclic amines) is 1. The van der Waals surface area contributed by atoms with E-state index in [2.05, 4.69) is 0 Å². The van der Waals surface area contributed by atoms with Crippen molar-refractivity contribution in [3.05, 3.63) is 0 Å². The molecule has 0 radical (unpaired) electrons. The van der Waals surface area contributed by atoms with Gasteiger partial charge in [-0.2, -0.15) is 0 Å². The third kappa shape index (κ3) is 4.57. The molecule has 0 aromatic carbocycles. The van der Waals surface area contributed by atoms with Crippen molar-refractivity contribution in [1.82, 2.24) is 4.90 Å². The van der Waals surface area contributed by atoms with E-state index >= 15 is 0 Å². The Bertz CT molecular complexity index is 273. The van der Waals surface area contributed by atoms with Crippen molar-refractivity contribution in [2.45, 2.75) is 25.3 Å². The number of methoxy groups -OCH3 is 1. The lowest BCUT2D eigenvalue weighted by Gasteiger charge is -2.34. The summed E-state index contributed by atoms with van der Waals surface area (Å²) in [5, 5.41) is 0. The lowest BCUT2D eigenvalue weighted by atomic mass is 10.0. The number of nitrogens with zero attached hydrogens (tertiary/aromatic N) is 1. The number of rotatable bonds is 6. The van der Waals surface area contributed by atoms with Crippen LogP contribution in [-0.4, -0.2) is 55.3 Å². The number of thiocarbonyl (C=S) groups is 1. The van der Waals surface area contributed by atoms with Crippen LogP contribution in [0.2, 0.25) is 0 Å². The normalized spacial score (nSPS) is 20.3. The Hall–Kier alpha value is -0.720. The van der Waals surface area contributed by atoms with Crippen LogP contribution in [0.1, 0.15) is 19.3 Å². The van der Waals surface area contributed by atoms with Gasteiger partial charge in [0.2, 0.25) is 5.91 Å². The van der Waals surface area contributed by atoms with Crippen LogP contribution < -0.4 is 5.73 Å². The minimum atomic E-state index is -0.0997. The Morgan fingerprint density at radius 3 is 2.88 bits per heavy atom. The first-order valence-electron chi connectivity index (χ1n) is 5.82. The first-order valence-corrected chi connectivity index (χ1v) is 6.23. The molecule has 17 heavy (non-hydrogen) atoms. The van der Waals surface area contributed by atoms with Crippen LogP contribution in [0.5, 0.6) is 0 Å². The molecule has 0 aliphatic carbocycles. The maximum atomic E-state index is 11.9.